The van der Waals surface area contributed by atoms with Crippen molar-refractivity contribution in [2.45, 2.75) is 19.9 Å². The number of pyridine rings is 1. The van der Waals surface area contributed by atoms with E-state index in [1.807, 2.05) is 13.0 Å². The minimum Gasteiger partial charge on any atom is -0.399 e. The van der Waals surface area contributed by atoms with E-state index in [-0.39, 0.29) is 11.9 Å². The van der Waals surface area contributed by atoms with Gasteiger partial charge in [0.15, 0.2) is 0 Å². The van der Waals surface area contributed by atoms with Gasteiger partial charge in [-0.3, -0.25) is 0 Å². The Hall–Kier alpha value is -2.10. The van der Waals surface area contributed by atoms with Crippen LogP contribution in [-0.2, 0) is 0 Å². The molecule has 0 bridgehead atoms. The third kappa shape index (κ3) is 2.77. The molecule has 1 aromatic carbocycles. The predicted molar refractivity (Wildman–Crippen MR) is 71.8 cm³/mol. The van der Waals surface area contributed by atoms with E-state index in [9.17, 15) is 4.39 Å². The monoisotopic (exact) mass is 245 g/mol. The molecule has 0 aliphatic rings. The maximum atomic E-state index is 13.5. The fraction of sp³-hybridized carbons (Fsp3) is 0.214. The Balaban J connectivity index is 2.16. The number of nitrogens with two attached hydrogens (primary N) is 1. The lowest BCUT2D eigenvalue weighted by molar-refractivity contribution is 0.614. The Morgan fingerprint density at radius 1 is 1.28 bits per heavy atom. The molecule has 0 fully saturated rings. The molecular weight excluding hydrogens is 229 g/mol. The van der Waals surface area contributed by atoms with E-state index < -0.39 is 0 Å². The number of benzene rings is 1. The minimum atomic E-state index is -0.193. The summed E-state index contributed by atoms with van der Waals surface area (Å²) in [6, 6.07) is 8.66. The smallest absolute Gasteiger partial charge is 0.128 e. The number of halogens is 1. The van der Waals surface area contributed by atoms with Gasteiger partial charge >= 0.3 is 0 Å². The highest BCUT2D eigenvalue weighted by molar-refractivity contribution is 5.49. The van der Waals surface area contributed by atoms with E-state index in [1.54, 1.807) is 37.4 Å². The van der Waals surface area contributed by atoms with Crippen molar-refractivity contribution in [3.63, 3.8) is 0 Å². The van der Waals surface area contributed by atoms with Gasteiger partial charge in [-0.25, -0.2) is 9.37 Å². The molecule has 4 heteroatoms. The SMILES string of the molecule is Cc1ccc(C(C)Nc2cc(N)ccn2)cc1F. The predicted octanol–water partition coefficient (Wildman–Crippen LogP) is 3.28. The number of anilines is 2. The first-order valence-electron chi connectivity index (χ1n) is 5.80. The Bertz CT molecular complexity index is 554. The molecule has 2 aromatic rings. The zero-order valence-electron chi connectivity index (χ0n) is 10.4. The van der Waals surface area contributed by atoms with Gasteiger partial charge < -0.3 is 11.1 Å². The Labute approximate surface area is 106 Å². The molecule has 94 valence electrons. The standard InChI is InChI=1S/C14H16FN3/c1-9-3-4-11(7-13(9)15)10(2)18-14-8-12(16)5-6-17-14/h3-8,10H,1-2H3,(H3,16,17,18). The van der Waals surface area contributed by atoms with Crippen molar-refractivity contribution in [3.05, 3.63) is 53.5 Å². The van der Waals surface area contributed by atoms with Crippen LogP contribution in [0.5, 0.6) is 0 Å². The van der Waals surface area contributed by atoms with Crippen molar-refractivity contribution < 1.29 is 4.39 Å². The second-order valence-corrected chi connectivity index (χ2v) is 4.35. The second-order valence-electron chi connectivity index (χ2n) is 4.35. The number of rotatable bonds is 3. The van der Waals surface area contributed by atoms with Crippen LogP contribution in [-0.4, -0.2) is 4.98 Å². The molecule has 1 aromatic heterocycles. The first kappa shape index (κ1) is 12.4. The van der Waals surface area contributed by atoms with E-state index in [0.29, 0.717) is 17.1 Å². The minimum absolute atomic E-state index is 0.0330. The van der Waals surface area contributed by atoms with Crippen molar-refractivity contribution in [2.75, 3.05) is 11.1 Å². The van der Waals surface area contributed by atoms with Crippen molar-refractivity contribution in [1.82, 2.24) is 4.98 Å². The number of hydrogen-bond donors (Lipinski definition) is 2. The average molecular weight is 245 g/mol. The van der Waals surface area contributed by atoms with Crippen molar-refractivity contribution in [2.24, 2.45) is 0 Å². The van der Waals surface area contributed by atoms with E-state index in [1.165, 1.54) is 0 Å². The number of nitrogens with zero attached hydrogens (tertiary/aromatic N) is 1. The Kier molecular flexibility index (Phi) is 3.46. The zero-order valence-corrected chi connectivity index (χ0v) is 10.4. The highest BCUT2D eigenvalue weighted by atomic mass is 19.1. The van der Waals surface area contributed by atoms with Gasteiger partial charge in [-0.05, 0) is 37.1 Å². The van der Waals surface area contributed by atoms with Crippen LogP contribution in [0.4, 0.5) is 15.9 Å². The van der Waals surface area contributed by atoms with Gasteiger partial charge in [0.25, 0.3) is 0 Å². The van der Waals surface area contributed by atoms with Crippen LogP contribution >= 0.6 is 0 Å². The van der Waals surface area contributed by atoms with Gasteiger partial charge in [0, 0.05) is 18.0 Å². The summed E-state index contributed by atoms with van der Waals surface area (Å²) in [5, 5.41) is 3.19. The first-order chi connectivity index (χ1) is 8.56. The molecule has 1 atom stereocenters. The van der Waals surface area contributed by atoms with E-state index in [4.69, 9.17) is 5.73 Å². The molecule has 0 saturated carbocycles. The quantitative estimate of drug-likeness (QED) is 0.872. The summed E-state index contributed by atoms with van der Waals surface area (Å²) >= 11 is 0. The van der Waals surface area contributed by atoms with Crippen LogP contribution < -0.4 is 11.1 Å². The molecule has 3 nitrogen and oxygen atoms in total. The van der Waals surface area contributed by atoms with E-state index >= 15 is 0 Å². The van der Waals surface area contributed by atoms with Gasteiger partial charge in [-0.2, -0.15) is 0 Å². The summed E-state index contributed by atoms with van der Waals surface area (Å²) in [5.74, 6) is 0.491. The average Bonchev–Trinajstić information content (AvgIpc) is 2.32. The first-order valence-corrected chi connectivity index (χ1v) is 5.80. The molecule has 0 spiro atoms. The zero-order chi connectivity index (χ0) is 13.1. The summed E-state index contributed by atoms with van der Waals surface area (Å²) < 4.78 is 13.5. The molecule has 0 saturated heterocycles. The maximum absolute atomic E-state index is 13.5. The third-order valence-electron chi connectivity index (χ3n) is 2.84. The van der Waals surface area contributed by atoms with Crippen LogP contribution in [0.1, 0.15) is 24.1 Å². The highest BCUT2D eigenvalue weighted by Gasteiger charge is 2.08. The third-order valence-corrected chi connectivity index (χ3v) is 2.84. The number of aryl methyl sites for hydroxylation is 1. The number of hydrogen-bond acceptors (Lipinski definition) is 3. The molecule has 0 amide bonds. The van der Waals surface area contributed by atoms with Crippen molar-refractivity contribution >= 4 is 11.5 Å². The summed E-state index contributed by atoms with van der Waals surface area (Å²) in [5.41, 5.74) is 7.85. The molecule has 1 heterocycles. The van der Waals surface area contributed by atoms with Crippen LogP contribution in [0.2, 0.25) is 0 Å². The molecule has 0 aliphatic carbocycles. The van der Waals surface area contributed by atoms with Gasteiger partial charge in [-0.15, -0.1) is 0 Å². The van der Waals surface area contributed by atoms with Gasteiger partial charge in [-0.1, -0.05) is 12.1 Å². The molecule has 3 N–H and O–H groups in total. The van der Waals surface area contributed by atoms with Crippen LogP contribution in [0.25, 0.3) is 0 Å². The molecule has 1 unspecified atom stereocenters. The van der Waals surface area contributed by atoms with Gasteiger partial charge in [0.05, 0.1) is 6.04 Å². The topological polar surface area (TPSA) is 50.9 Å². The molecule has 0 aliphatic heterocycles. The van der Waals surface area contributed by atoms with Crippen molar-refractivity contribution in [1.29, 1.82) is 0 Å². The summed E-state index contributed by atoms with van der Waals surface area (Å²) in [7, 11) is 0. The van der Waals surface area contributed by atoms with E-state index in [0.717, 1.165) is 5.56 Å². The molecular formula is C14H16FN3. The summed E-state index contributed by atoms with van der Waals surface area (Å²) in [6.07, 6.45) is 1.64. The Morgan fingerprint density at radius 3 is 2.72 bits per heavy atom. The molecule has 2 rings (SSSR count). The summed E-state index contributed by atoms with van der Waals surface area (Å²) in [6.45, 7) is 3.70. The lowest BCUT2D eigenvalue weighted by atomic mass is 10.1. The van der Waals surface area contributed by atoms with Crippen LogP contribution in [0, 0.1) is 12.7 Å². The largest absolute Gasteiger partial charge is 0.399 e. The molecule has 18 heavy (non-hydrogen) atoms. The molecule has 0 radical (unpaired) electrons. The van der Waals surface area contributed by atoms with Gasteiger partial charge in [0.1, 0.15) is 11.6 Å². The van der Waals surface area contributed by atoms with Gasteiger partial charge in [0.2, 0.25) is 0 Å². The number of nitrogens with one attached hydrogen (secondary N) is 1. The van der Waals surface area contributed by atoms with Crippen molar-refractivity contribution in [3.8, 4) is 0 Å². The number of nitrogen functional groups attached to an aromatic ring is 1. The lowest BCUT2D eigenvalue weighted by Crippen LogP contribution is -2.08. The van der Waals surface area contributed by atoms with Crippen LogP contribution in [0.3, 0.4) is 0 Å². The summed E-state index contributed by atoms with van der Waals surface area (Å²) in [4.78, 5) is 4.16. The second kappa shape index (κ2) is 5.04. The highest BCUT2D eigenvalue weighted by Crippen LogP contribution is 2.20. The number of aromatic nitrogens is 1. The Morgan fingerprint density at radius 2 is 2.06 bits per heavy atom. The van der Waals surface area contributed by atoms with Crippen LogP contribution in [0.15, 0.2) is 36.5 Å². The normalized spacial score (nSPS) is 12.2. The maximum Gasteiger partial charge on any atom is 0.128 e. The lowest BCUT2D eigenvalue weighted by Gasteiger charge is -2.15. The van der Waals surface area contributed by atoms with E-state index in [2.05, 4.69) is 10.3 Å². The fourth-order valence-corrected chi connectivity index (χ4v) is 1.71. The fourth-order valence-electron chi connectivity index (χ4n) is 1.71.